The molecule has 0 spiro atoms. The number of esters is 1. The summed E-state index contributed by atoms with van der Waals surface area (Å²) < 4.78 is 15.9. The number of carbonyl (C=O) groups is 2. The maximum absolute atomic E-state index is 12.7. The average molecular weight is 466 g/mol. The quantitative estimate of drug-likeness (QED) is 0.421. The first kappa shape index (κ1) is 23.8. The molecule has 3 rings (SSSR count). The molecule has 1 amide bonds. The van der Waals surface area contributed by atoms with Gasteiger partial charge < -0.3 is 24.5 Å². The number of furan rings is 1. The molecule has 0 saturated heterocycles. The van der Waals surface area contributed by atoms with Crippen molar-refractivity contribution in [2.75, 3.05) is 24.8 Å². The number of carbonyl (C=O) groups excluding carboxylic acids is 2. The van der Waals surface area contributed by atoms with Gasteiger partial charge in [0, 0.05) is 11.4 Å². The summed E-state index contributed by atoms with van der Waals surface area (Å²) in [5.74, 6) is -0.409. The van der Waals surface area contributed by atoms with Crippen molar-refractivity contribution < 1.29 is 23.5 Å². The Hall–Kier alpha value is -3.90. The van der Waals surface area contributed by atoms with E-state index >= 15 is 0 Å². The number of nitriles is 1. The predicted octanol–water partition coefficient (Wildman–Crippen LogP) is 4.09. The number of rotatable bonds is 9. The zero-order chi connectivity index (χ0) is 23.8. The SMILES string of the molecule is C=CCOC(=O)C1=C(C)NC(SCC(=O)Nc2ccc(OC)cc2)=C(C#N)C1c1ccco1. The van der Waals surface area contributed by atoms with Gasteiger partial charge in [0.2, 0.25) is 5.91 Å². The number of nitrogens with one attached hydrogen (secondary N) is 2. The van der Waals surface area contributed by atoms with Crippen molar-refractivity contribution in [3.63, 3.8) is 0 Å². The zero-order valence-electron chi connectivity index (χ0n) is 18.2. The number of hydrogen-bond donors (Lipinski definition) is 2. The van der Waals surface area contributed by atoms with Crippen LogP contribution in [0.2, 0.25) is 0 Å². The van der Waals surface area contributed by atoms with Gasteiger partial charge >= 0.3 is 5.97 Å². The van der Waals surface area contributed by atoms with Crippen LogP contribution >= 0.6 is 11.8 Å². The summed E-state index contributed by atoms with van der Waals surface area (Å²) in [4.78, 5) is 25.2. The topological polar surface area (TPSA) is 114 Å². The summed E-state index contributed by atoms with van der Waals surface area (Å²) in [5.41, 5.74) is 1.69. The van der Waals surface area contributed by atoms with Gasteiger partial charge in [0.15, 0.2) is 0 Å². The van der Waals surface area contributed by atoms with E-state index in [0.717, 1.165) is 0 Å². The highest BCUT2D eigenvalue weighted by Crippen LogP contribution is 2.41. The van der Waals surface area contributed by atoms with Gasteiger partial charge in [0.25, 0.3) is 0 Å². The van der Waals surface area contributed by atoms with Crippen LogP contribution in [0.25, 0.3) is 0 Å². The van der Waals surface area contributed by atoms with Gasteiger partial charge in [-0.25, -0.2) is 4.79 Å². The number of allylic oxidation sites excluding steroid dienone is 2. The Morgan fingerprint density at radius 2 is 2.09 bits per heavy atom. The van der Waals surface area contributed by atoms with E-state index in [1.165, 1.54) is 24.1 Å². The van der Waals surface area contributed by atoms with Crippen LogP contribution in [0.5, 0.6) is 5.75 Å². The Labute approximate surface area is 195 Å². The molecule has 9 heteroatoms. The first-order chi connectivity index (χ1) is 16.0. The average Bonchev–Trinajstić information content (AvgIpc) is 3.35. The second-order valence-electron chi connectivity index (χ2n) is 6.92. The Morgan fingerprint density at radius 3 is 2.70 bits per heavy atom. The molecule has 1 aliphatic rings. The van der Waals surface area contributed by atoms with Crippen molar-refractivity contribution in [3.05, 3.63) is 82.9 Å². The third-order valence-corrected chi connectivity index (χ3v) is 5.77. The molecule has 1 aromatic carbocycles. The largest absolute Gasteiger partial charge is 0.497 e. The van der Waals surface area contributed by atoms with E-state index < -0.39 is 11.9 Å². The van der Waals surface area contributed by atoms with Crippen LogP contribution in [0, 0.1) is 11.3 Å². The van der Waals surface area contributed by atoms with Gasteiger partial charge in [-0.15, -0.1) is 0 Å². The van der Waals surface area contributed by atoms with E-state index in [-0.39, 0.29) is 29.4 Å². The highest BCUT2D eigenvalue weighted by Gasteiger charge is 2.37. The number of benzene rings is 1. The number of hydrogen-bond acceptors (Lipinski definition) is 8. The Balaban J connectivity index is 1.80. The van der Waals surface area contributed by atoms with Crippen molar-refractivity contribution in [1.82, 2.24) is 5.32 Å². The molecule has 2 N–H and O–H groups in total. The van der Waals surface area contributed by atoms with Crippen molar-refractivity contribution in [3.8, 4) is 11.8 Å². The lowest BCUT2D eigenvalue weighted by molar-refractivity contribution is -0.138. The van der Waals surface area contributed by atoms with Crippen molar-refractivity contribution in [2.24, 2.45) is 0 Å². The van der Waals surface area contributed by atoms with Gasteiger partial charge in [-0.1, -0.05) is 24.4 Å². The highest BCUT2D eigenvalue weighted by molar-refractivity contribution is 8.03. The van der Waals surface area contributed by atoms with E-state index in [9.17, 15) is 14.9 Å². The number of anilines is 1. The van der Waals surface area contributed by atoms with Gasteiger partial charge in [-0.2, -0.15) is 5.26 Å². The maximum atomic E-state index is 12.7. The van der Waals surface area contributed by atoms with Crippen molar-refractivity contribution in [2.45, 2.75) is 12.8 Å². The Bertz CT molecular complexity index is 1130. The van der Waals surface area contributed by atoms with Crippen LogP contribution in [-0.4, -0.2) is 31.3 Å². The van der Waals surface area contributed by atoms with Crippen LogP contribution in [0.15, 0.2) is 81.6 Å². The van der Waals surface area contributed by atoms with Crippen LogP contribution < -0.4 is 15.4 Å². The molecular formula is C24H23N3O5S. The number of nitrogens with zero attached hydrogens (tertiary/aromatic N) is 1. The molecule has 8 nitrogen and oxygen atoms in total. The van der Waals surface area contributed by atoms with Crippen LogP contribution in [0.4, 0.5) is 5.69 Å². The van der Waals surface area contributed by atoms with Gasteiger partial charge in [-0.05, 0) is 43.3 Å². The van der Waals surface area contributed by atoms with E-state index in [2.05, 4.69) is 23.3 Å². The molecule has 1 unspecified atom stereocenters. The van der Waals surface area contributed by atoms with Gasteiger partial charge in [-0.3, -0.25) is 4.79 Å². The normalized spacial score (nSPS) is 15.4. The fourth-order valence-corrected chi connectivity index (χ4v) is 4.15. The molecule has 2 aromatic rings. The second kappa shape index (κ2) is 11.1. The smallest absolute Gasteiger partial charge is 0.337 e. The first-order valence-electron chi connectivity index (χ1n) is 9.98. The van der Waals surface area contributed by atoms with E-state index in [4.69, 9.17) is 13.9 Å². The summed E-state index contributed by atoms with van der Waals surface area (Å²) in [7, 11) is 1.57. The summed E-state index contributed by atoms with van der Waals surface area (Å²) in [6, 6.07) is 12.5. The first-order valence-corrected chi connectivity index (χ1v) is 11.0. The molecule has 2 heterocycles. The Morgan fingerprint density at radius 1 is 1.33 bits per heavy atom. The molecule has 0 bridgehead atoms. The number of ether oxygens (including phenoxy) is 2. The molecule has 170 valence electrons. The number of methoxy groups -OCH3 is 1. The van der Waals surface area contributed by atoms with Gasteiger partial charge in [0.1, 0.15) is 18.1 Å². The monoisotopic (exact) mass is 465 g/mol. The molecule has 33 heavy (non-hydrogen) atoms. The van der Waals surface area contributed by atoms with Crippen LogP contribution in [-0.2, 0) is 14.3 Å². The maximum Gasteiger partial charge on any atom is 0.337 e. The molecular weight excluding hydrogens is 442 g/mol. The van der Waals surface area contributed by atoms with E-state index in [1.807, 2.05) is 0 Å². The Kier molecular flexibility index (Phi) is 8.00. The molecule has 0 fully saturated rings. The standard InChI is InChI=1S/C24H23N3O5S/c1-4-11-32-24(29)21-15(2)26-23(18(13-25)22(21)19-6-5-12-31-19)33-14-20(28)27-16-7-9-17(30-3)10-8-16/h4-10,12,22,26H,1,11,14H2,2-3H3,(H,27,28). The summed E-state index contributed by atoms with van der Waals surface area (Å²) in [6.45, 7) is 5.31. The van der Waals surface area contributed by atoms with Crippen LogP contribution in [0.1, 0.15) is 18.6 Å². The lowest BCUT2D eigenvalue weighted by Crippen LogP contribution is -2.29. The number of amides is 1. The molecule has 1 aromatic heterocycles. The molecule has 1 aliphatic heterocycles. The van der Waals surface area contributed by atoms with E-state index in [0.29, 0.717) is 27.9 Å². The molecule has 0 saturated carbocycles. The van der Waals surface area contributed by atoms with Crippen molar-refractivity contribution >= 4 is 29.3 Å². The second-order valence-corrected chi connectivity index (χ2v) is 7.90. The van der Waals surface area contributed by atoms with Crippen LogP contribution in [0.3, 0.4) is 0 Å². The minimum atomic E-state index is -0.754. The summed E-state index contributed by atoms with van der Waals surface area (Å²) >= 11 is 1.17. The van der Waals surface area contributed by atoms with Crippen molar-refractivity contribution in [1.29, 1.82) is 5.26 Å². The lowest BCUT2D eigenvalue weighted by atomic mass is 9.86. The third-order valence-electron chi connectivity index (χ3n) is 4.75. The highest BCUT2D eigenvalue weighted by atomic mass is 32.2. The number of thioether (sulfide) groups is 1. The van der Waals surface area contributed by atoms with E-state index in [1.54, 1.807) is 50.4 Å². The fourth-order valence-electron chi connectivity index (χ4n) is 3.26. The fraction of sp³-hybridized carbons (Fsp3) is 0.208. The third kappa shape index (κ3) is 5.67. The minimum Gasteiger partial charge on any atom is -0.497 e. The lowest BCUT2D eigenvalue weighted by Gasteiger charge is -2.27. The molecule has 0 radical (unpaired) electrons. The summed E-state index contributed by atoms with van der Waals surface area (Å²) in [6.07, 6.45) is 2.94. The predicted molar refractivity (Wildman–Crippen MR) is 125 cm³/mol. The number of dihydropyridines is 1. The summed E-state index contributed by atoms with van der Waals surface area (Å²) in [5, 5.41) is 16.3. The zero-order valence-corrected chi connectivity index (χ0v) is 19.0. The van der Waals surface area contributed by atoms with Gasteiger partial charge in [0.05, 0.1) is 47.3 Å². The molecule has 1 atom stereocenters. The molecule has 0 aliphatic carbocycles. The minimum absolute atomic E-state index is 0.0409.